The van der Waals surface area contributed by atoms with Gasteiger partial charge in [-0.1, -0.05) is 0 Å². The van der Waals surface area contributed by atoms with Gasteiger partial charge in [0.15, 0.2) is 5.78 Å². The van der Waals surface area contributed by atoms with Crippen LogP contribution < -0.4 is 0 Å². The number of carbonyl (C=O) groups is 4. The van der Waals surface area contributed by atoms with Crippen LogP contribution in [0, 0.1) is 11.3 Å². The highest BCUT2D eigenvalue weighted by atomic mass is 16.6. The molecule has 2 rings (SSSR count). The number of Topliss-reactive ketones (excluding diaryl/α,β-unsaturated/α-hetero) is 2. The molecule has 1 saturated heterocycles. The fourth-order valence-electron chi connectivity index (χ4n) is 3.73. The van der Waals surface area contributed by atoms with Crippen LogP contribution in [-0.2, 0) is 23.9 Å². The summed E-state index contributed by atoms with van der Waals surface area (Å²) in [4.78, 5) is 50.5. The van der Waals surface area contributed by atoms with E-state index in [-0.39, 0.29) is 31.0 Å². The van der Waals surface area contributed by atoms with Gasteiger partial charge in [-0.2, -0.15) is 0 Å². The lowest BCUT2D eigenvalue weighted by Crippen LogP contribution is -2.54. The summed E-state index contributed by atoms with van der Waals surface area (Å²) < 4.78 is 10.4. The summed E-state index contributed by atoms with van der Waals surface area (Å²) in [5.41, 5.74) is -1.33. The maximum atomic E-state index is 12.4. The fraction of sp³-hybridized carbons (Fsp3) is 0.778. The summed E-state index contributed by atoms with van der Waals surface area (Å²) in [6.45, 7) is 7.98. The van der Waals surface area contributed by atoms with Gasteiger partial charge in [0.25, 0.3) is 0 Å². The van der Waals surface area contributed by atoms with Crippen molar-refractivity contribution in [3.63, 3.8) is 0 Å². The third kappa shape index (κ3) is 4.38. The van der Waals surface area contributed by atoms with Crippen molar-refractivity contribution in [1.29, 1.82) is 0 Å². The molecule has 1 spiro atoms. The Bertz CT molecular complexity index is 569. The van der Waals surface area contributed by atoms with E-state index in [9.17, 15) is 19.2 Å². The van der Waals surface area contributed by atoms with Gasteiger partial charge in [0.2, 0.25) is 0 Å². The molecule has 1 saturated carbocycles. The molecule has 0 aromatic heterocycles. The monoisotopic (exact) mass is 353 g/mol. The second-order valence-corrected chi connectivity index (χ2v) is 7.87. The summed E-state index contributed by atoms with van der Waals surface area (Å²) in [5, 5.41) is 0. The van der Waals surface area contributed by atoms with Crippen LogP contribution in [0.2, 0.25) is 0 Å². The number of ketones is 2. The number of piperidine rings is 1. The minimum atomic E-state index is -0.911. The van der Waals surface area contributed by atoms with Crippen LogP contribution >= 0.6 is 0 Å². The number of rotatable bonds is 2. The molecule has 0 aromatic rings. The molecule has 1 unspecified atom stereocenters. The minimum absolute atomic E-state index is 0.142. The van der Waals surface area contributed by atoms with E-state index in [0.29, 0.717) is 25.9 Å². The molecular weight excluding hydrogens is 326 g/mol. The maximum Gasteiger partial charge on any atom is 0.410 e. The van der Waals surface area contributed by atoms with Gasteiger partial charge in [0.05, 0.1) is 13.0 Å². The van der Waals surface area contributed by atoms with Gasteiger partial charge in [0, 0.05) is 24.9 Å². The number of hydrogen-bond acceptors (Lipinski definition) is 6. The molecule has 1 aliphatic heterocycles. The van der Waals surface area contributed by atoms with Crippen LogP contribution in [-0.4, -0.2) is 53.8 Å². The van der Waals surface area contributed by atoms with E-state index in [1.165, 1.54) is 0 Å². The van der Waals surface area contributed by atoms with Gasteiger partial charge in [-0.25, -0.2) is 4.79 Å². The summed E-state index contributed by atoms with van der Waals surface area (Å²) in [7, 11) is 0. The smallest absolute Gasteiger partial charge is 0.410 e. The molecule has 2 aliphatic rings. The summed E-state index contributed by atoms with van der Waals surface area (Å²) in [6.07, 6.45) is 0.384. The maximum absolute atomic E-state index is 12.4. The number of amides is 1. The zero-order valence-corrected chi connectivity index (χ0v) is 15.4. The van der Waals surface area contributed by atoms with Gasteiger partial charge >= 0.3 is 12.1 Å². The molecule has 1 atom stereocenters. The van der Waals surface area contributed by atoms with Crippen molar-refractivity contribution in [1.82, 2.24) is 4.90 Å². The Balaban J connectivity index is 2.14. The van der Waals surface area contributed by atoms with Gasteiger partial charge in [0.1, 0.15) is 17.3 Å². The van der Waals surface area contributed by atoms with Gasteiger partial charge in [-0.3, -0.25) is 14.4 Å². The van der Waals surface area contributed by atoms with E-state index in [4.69, 9.17) is 9.47 Å². The molecule has 0 radical (unpaired) electrons. The van der Waals surface area contributed by atoms with Gasteiger partial charge in [-0.05, 0) is 40.5 Å². The molecular formula is C18H27NO6. The van der Waals surface area contributed by atoms with Crippen LogP contribution in [0.1, 0.15) is 53.4 Å². The molecule has 7 heteroatoms. The Morgan fingerprint density at radius 3 is 2.32 bits per heavy atom. The Hall–Kier alpha value is -1.92. The summed E-state index contributed by atoms with van der Waals surface area (Å²) in [5.74, 6) is -1.96. The second-order valence-electron chi connectivity index (χ2n) is 7.87. The molecule has 7 nitrogen and oxygen atoms in total. The first kappa shape index (κ1) is 19.4. The third-order valence-electron chi connectivity index (χ3n) is 4.79. The highest BCUT2D eigenvalue weighted by Crippen LogP contribution is 2.47. The fourth-order valence-corrected chi connectivity index (χ4v) is 3.73. The van der Waals surface area contributed by atoms with Crippen molar-refractivity contribution >= 4 is 23.6 Å². The van der Waals surface area contributed by atoms with E-state index < -0.39 is 29.0 Å². The Morgan fingerprint density at radius 2 is 1.80 bits per heavy atom. The number of ether oxygens (including phenoxy) is 2. The number of esters is 1. The van der Waals surface area contributed by atoms with E-state index in [2.05, 4.69) is 0 Å². The lowest BCUT2D eigenvalue weighted by Gasteiger charge is -2.46. The Labute approximate surface area is 148 Å². The lowest BCUT2D eigenvalue weighted by molar-refractivity contribution is -0.163. The van der Waals surface area contributed by atoms with Crippen molar-refractivity contribution in [2.45, 2.75) is 59.0 Å². The molecule has 1 amide bonds. The summed E-state index contributed by atoms with van der Waals surface area (Å²) in [6, 6.07) is 0. The topological polar surface area (TPSA) is 90.0 Å². The van der Waals surface area contributed by atoms with E-state index in [0.717, 1.165) is 0 Å². The SMILES string of the molecule is CCOC(=O)C1C(=O)CC(=O)CC12CCN(C(=O)OC(C)(C)C)CC2. The number of hydrogen-bond donors (Lipinski definition) is 0. The summed E-state index contributed by atoms with van der Waals surface area (Å²) >= 11 is 0. The predicted octanol–water partition coefficient (Wildman–Crippen LogP) is 2.11. The Morgan fingerprint density at radius 1 is 1.20 bits per heavy atom. The lowest BCUT2D eigenvalue weighted by atomic mass is 9.60. The van der Waals surface area contributed by atoms with Crippen LogP contribution in [0.5, 0.6) is 0 Å². The van der Waals surface area contributed by atoms with Crippen molar-refractivity contribution in [3.05, 3.63) is 0 Å². The zero-order valence-electron chi connectivity index (χ0n) is 15.4. The van der Waals surface area contributed by atoms with Gasteiger partial charge in [-0.15, -0.1) is 0 Å². The quantitative estimate of drug-likeness (QED) is 0.558. The van der Waals surface area contributed by atoms with Crippen molar-refractivity contribution in [2.75, 3.05) is 19.7 Å². The number of nitrogens with zero attached hydrogens (tertiary/aromatic N) is 1. The number of likely N-dealkylation sites (tertiary alicyclic amines) is 1. The number of carbonyl (C=O) groups excluding carboxylic acids is 4. The van der Waals surface area contributed by atoms with Gasteiger partial charge < -0.3 is 14.4 Å². The normalized spacial score (nSPS) is 23.5. The van der Waals surface area contributed by atoms with Crippen molar-refractivity contribution < 1.29 is 28.7 Å². The average Bonchev–Trinajstić information content (AvgIpc) is 2.45. The average molecular weight is 353 g/mol. The minimum Gasteiger partial charge on any atom is -0.465 e. The van der Waals surface area contributed by atoms with Crippen LogP contribution in [0.4, 0.5) is 4.79 Å². The van der Waals surface area contributed by atoms with E-state index in [1.807, 2.05) is 0 Å². The molecule has 1 aliphatic carbocycles. The molecule has 0 N–H and O–H groups in total. The highest BCUT2D eigenvalue weighted by Gasteiger charge is 2.54. The first-order valence-corrected chi connectivity index (χ1v) is 8.77. The standard InChI is InChI=1S/C18H27NO6/c1-5-24-15(22)14-13(21)10-12(20)11-18(14)6-8-19(9-7-18)16(23)25-17(2,3)4/h14H,5-11H2,1-4H3. The molecule has 2 fully saturated rings. The zero-order chi connectivity index (χ0) is 18.8. The largest absolute Gasteiger partial charge is 0.465 e. The van der Waals surface area contributed by atoms with Crippen LogP contribution in [0.3, 0.4) is 0 Å². The van der Waals surface area contributed by atoms with Crippen LogP contribution in [0.25, 0.3) is 0 Å². The first-order valence-electron chi connectivity index (χ1n) is 8.77. The molecule has 0 aromatic carbocycles. The molecule has 25 heavy (non-hydrogen) atoms. The predicted molar refractivity (Wildman–Crippen MR) is 88.8 cm³/mol. The van der Waals surface area contributed by atoms with E-state index in [1.54, 1.807) is 32.6 Å². The molecule has 0 bridgehead atoms. The van der Waals surface area contributed by atoms with Crippen molar-refractivity contribution in [2.24, 2.45) is 11.3 Å². The second kappa shape index (κ2) is 7.14. The molecule has 140 valence electrons. The van der Waals surface area contributed by atoms with E-state index >= 15 is 0 Å². The first-order chi connectivity index (χ1) is 11.6. The third-order valence-corrected chi connectivity index (χ3v) is 4.79. The molecule has 1 heterocycles. The van der Waals surface area contributed by atoms with Crippen molar-refractivity contribution in [3.8, 4) is 0 Å². The Kier molecular flexibility index (Phi) is 5.54. The van der Waals surface area contributed by atoms with Crippen LogP contribution in [0.15, 0.2) is 0 Å². The highest BCUT2D eigenvalue weighted by molar-refractivity contribution is 6.11.